The Morgan fingerprint density at radius 1 is 1.00 bits per heavy atom. The summed E-state index contributed by atoms with van der Waals surface area (Å²) in [7, 11) is 3.29. The van der Waals surface area contributed by atoms with Gasteiger partial charge in [-0.1, -0.05) is 36.4 Å². The van der Waals surface area contributed by atoms with Crippen molar-refractivity contribution in [1.29, 1.82) is 0 Å². The van der Waals surface area contributed by atoms with Gasteiger partial charge in [0.25, 0.3) is 0 Å². The molecule has 0 aliphatic carbocycles. The molecule has 33 heavy (non-hydrogen) atoms. The largest absolute Gasteiger partial charge is 0.493 e. The van der Waals surface area contributed by atoms with E-state index in [2.05, 4.69) is 38.3 Å². The minimum Gasteiger partial charge on any atom is -0.493 e. The van der Waals surface area contributed by atoms with Crippen LogP contribution in [0, 0.1) is 0 Å². The molecule has 0 fully saturated rings. The number of methoxy groups -OCH3 is 2. The van der Waals surface area contributed by atoms with Gasteiger partial charge in [-0.15, -0.1) is 0 Å². The van der Waals surface area contributed by atoms with Gasteiger partial charge in [-0.2, -0.15) is 5.10 Å². The summed E-state index contributed by atoms with van der Waals surface area (Å²) < 4.78 is 17.1. The van der Waals surface area contributed by atoms with Crippen molar-refractivity contribution < 1.29 is 14.2 Å². The quantitative estimate of drug-likeness (QED) is 0.472. The third-order valence-corrected chi connectivity index (χ3v) is 5.80. The molecule has 3 heterocycles. The zero-order chi connectivity index (χ0) is 22.6. The minimum absolute atomic E-state index is 0.577. The summed E-state index contributed by atoms with van der Waals surface area (Å²) in [5.74, 6) is 2.08. The van der Waals surface area contributed by atoms with Crippen molar-refractivity contribution in [3.8, 4) is 39.9 Å². The third-order valence-electron chi connectivity index (χ3n) is 5.80. The molecule has 0 radical (unpaired) electrons. The number of H-pyrrole nitrogens is 1. The molecule has 0 amide bonds. The fourth-order valence-electron chi connectivity index (χ4n) is 4.19. The molecule has 2 aromatic carbocycles. The summed E-state index contributed by atoms with van der Waals surface area (Å²) in [5.41, 5.74) is 6.19. The van der Waals surface area contributed by atoms with E-state index in [4.69, 9.17) is 14.2 Å². The highest BCUT2D eigenvalue weighted by Crippen LogP contribution is 2.38. The molecule has 0 atom stereocenters. The van der Waals surface area contributed by atoms with Crippen LogP contribution in [0.25, 0.3) is 22.5 Å². The zero-order valence-electron chi connectivity index (χ0n) is 18.7. The number of fused-ring (bicyclic) bond motifs is 1. The van der Waals surface area contributed by atoms with E-state index in [1.54, 1.807) is 14.2 Å². The molecule has 7 heteroatoms. The van der Waals surface area contributed by atoms with Crippen LogP contribution in [-0.2, 0) is 13.1 Å². The van der Waals surface area contributed by atoms with Crippen molar-refractivity contribution in [3.05, 3.63) is 78.0 Å². The smallest absolute Gasteiger partial charge is 0.213 e. The molecule has 0 unspecified atom stereocenters. The molecule has 5 rings (SSSR count). The van der Waals surface area contributed by atoms with E-state index >= 15 is 0 Å². The second-order valence-electron chi connectivity index (χ2n) is 7.93. The van der Waals surface area contributed by atoms with Gasteiger partial charge in [0.05, 0.1) is 31.8 Å². The molecule has 1 aliphatic rings. The summed E-state index contributed by atoms with van der Waals surface area (Å²) in [6.45, 7) is 2.86. The number of hydrogen-bond acceptors (Lipinski definition) is 6. The summed E-state index contributed by atoms with van der Waals surface area (Å²) in [5, 5.41) is 7.46. The van der Waals surface area contributed by atoms with Gasteiger partial charge in [0.1, 0.15) is 6.61 Å². The monoisotopic (exact) mass is 442 g/mol. The van der Waals surface area contributed by atoms with E-state index in [-0.39, 0.29) is 0 Å². The predicted molar refractivity (Wildman–Crippen MR) is 126 cm³/mol. The number of pyridine rings is 1. The summed E-state index contributed by atoms with van der Waals surface area (Å²) >= 11 is 0. The molecule has 1 aliphatic heterocycles. The molecule has 0 saturated heterocycles. The van der Waals surface area contributed by atoms with Gasteiger partial charge in [0.15, 0.2) is 11.5 Å². The van der Waals surface area contributed by atoms with Gasteiger partial charge in [-0.25, -0.2) is 4.98 Å². The first-order valence-electron chi connectivity index (χ1n) is 10.9. The first kappa shape index (κ1) is 21.0. The van der Waals surface area contributed by atoms with Gasteiger partial charge in [0.2, 0.25) is 5.88 Å². The van der Waals surface area contributed by atoms with Crippen molar-refractivity contribution in [2.24, 2.45) is 0 Å². The van der Waals surface area contributed by atoms with Crippen molar-refractivity contribution in [3.63, 3.8) is 0 Å². The predicted octanol–water partition coefficient (Wildman–Crippen LogP) is 4.55. The van der Waals surface area contributed by atoms with Crippen LogP contribution >= 0.6 is 0 Å². The van der Waals surface area contributed by atoms with Gasteiger partial charge < -0.3 is 14.2 Å². The standard InChI is InChI=1S/C26H26N4O3/c1-31-23-14-19(22-9-6-10-24(28-22)32-2)13-20-16-30(11-12-33-26(20)23)17-21-15-27-29-25(21)18-7-4-3-5-8-18/h3-10,13-15H,11-12,16-17H2,1-2H3,(H,27,29). The second-order valence-corrected chi connectivity index (χ2v) is 7.93. The lowest BCUT2D eigenvalue weighted by molar-refractivity contribution is 0.217. The van der Waals surface area contributed by atoms with E-state index in [1.165, 1.54) is 0 Å². The third kappa shape index (κ3) is 4.40. The number of nitrogens with one attached hydrogen (secondary N) is 1. The molecule has 168 valence electrons. The number of aromatic amines is 1. The highest BCUT2D eigenvalue weighted by atomic mass is 16.5. The Morgan fingerprint density at radius 3 is 2.70 bits per heavy atom. The van der Waals surface area contributed by atoms with Crippen LogP contribution in [0.5, 0.6) is 17.4 Å². The van der Waals surface area contributed by atoms with Gasteiger partial charge in [0, 0.05) is 42.4 Å². The van der Waals surface area contributed by atoms with Gasteiger partial charge in [-0.3, -0.25) is 10.00 Å². The maximum Gasteiger partial charge on any atom is 0.213 e. The Kier molecular flexibility index (Phi) is 5.95. The van der Waals surface area contributed by atoms with Crippen molar-refractivity contribution in [2.45, 2.75) is 13.1 Å². The number of nitrogens with zero attached hydrogens (tertiary/aromatic N) is 3. The van der Waals surface area contributed by atoms with Crippen molar-refractivity contribution in [2.75, 3.05) is 27.4 Å². The Labute approximate surface area is 193 Å². The average Bonchev–Trinajstić information content (AvgIpc) is 3.23. The minimum atomic E-state index is 0.577. The van der Waals surface area contributed by atoms with Gasteiger partial charge >= 0.3 is 0 Å². The number of hydrogen-bond donors (Lipinski definition) is 1. The Morgan fingerprint density at radius 2 is 1.88 bits per heavy atom. The highest BCUT2D eigenvalue weighted by Gasteiger charge is 2.22. The maximum atomic E-state index is 6.14. The van der Waals surface area contributed by atoms with E-state index in [9.17, 15) is 0 Å². The lowest BCUT2D eigenvalue weighted by Crippen LogP contribution is -2.25. The Balaban J connectivity index is 1.45. The Hall–Kier alpha value is -3.84. The topological polar surface area (TPSA) is 72.5 Å². The van der Waals surface area contributed by atoms with Crippen LogP contribution in [-0.4, -0.2) is 47.5 Å². The molecule has 1 N–H and O–H groups in total. The van der Waals surface area contributed by atoms with E-state index in [0.717, 1.165) is 59.0 Å². The van der Waals surface area contributed by atoms with Crippen molar-refractivity contribution >= 4 is 0 Å². The van der Waals surface area contributed by atoms with Crippen LogP contribution < -0.4 is 14.2 Å². The highest BCUT2D eigenvalue weighted by molar-refractivity contribution is 5.67. The lowest BCUT2D eigenvalue weighted by atomic mass is 10.0. The zero-order valence-corrected chi connectivity index (χ0v) is 18.7. The summed E-state index contributed by atoms with van der Waals surface area (Å²) in [6, 6.07) is 20.1. The number of aromatic nitrogens is 3. The SMILES string of the molecule is COc1cccc(-c2cc3c(c(OC)c2)OCCN(Cc2cn[nH]c2-c2ccccc2)C3)n1. The summed E-state index contributed by atoms with van der Waals surface area (Å²) in [4.78, 5) is 6.96. The molecule has 4 aromatic rings. The fourth-order valence-corrected chi connectivity index (χ4v) is 4.19. The molecule has 0 bridgehead atoms. The summed E-state index contributed by atoms with van der Waals surface area (Å²) in [6.07, 6.45) is 1.91. The molecule has 0 spiro atoms. The maximum absolute atomic E-state index is 6.14. The van der Waals surface area contributed by atoms with E-state index in [0.29, 0.717) is 18.2 Å². The first-order valence-corrected chi connectivity index (χ1v) is 10.9. The van der Waals surface area contributed by atoms with Crippen LogP contribution in [0.15, 0.2) is 66.9 Å². The number of rotatable bonds is 6. The Bertz CT molecular complexity index is 1240. The lowest BCUT2D eigenvalue weighted by Gasteiger charge is -2.20. The number of ether oxygens (including phenoxy) is 3. The molecular weight excluding hydrogens is 416 g/mol. The van der Waals surface area contributed by atoms with Gasteiger partial charge in [-0.05, 0) is 23.8 Å². The van der Waals surface area contributed by atoms with Crippen LogP contribution in [0.2, 0.25) is 0 Å². The molecule has 2 aromatic heterocycles. The van der Waals surface area contributed by atoms with Crippen LogP contribution in [0.3, 0.4) is 0 Å². The van der Waals surface area contributed by atoms with E-state index < -0.39 is 0 Å². The second kappa shape index (κ2) is 9.34. The first-order chi connectivity index (χ1) is 16.2. The van der Waals surface area contributed by atoms with Crippen LogP contribution in [0.1, 0.15) is 11.1 Å². The molecule has 7 nitrogen and oxygen atoms in total. The van der Waals surface area contributed by atoms with E-state index in [1.807, 2.05) is 48.7 Å². The van der Waals surface area contributed by atoms with Crippen LogP contribution in [0.4, 0.5) is 0 Å². The average molecular weight is 443 g/mol. The number of benzene rings is 2. The molecular formula is C26H26N4O3. The molecule has 0 saturated carbocycles. The fraction of sp³-hybridized carbons (Fsp3) is 0.231. The van der Waals surface area contributed by atoms with Crippen molar-refractivity contribution in [1.82, 2.24) is 20.1 Å². The normalized spacial score (nSPS) is 13.6.